The van der Waals surface area contributed by atoms with Gasteiger partial charge >= 0.3 is 5.97 Å². The Kier molecular flexibility index (Phi) is 4.45. The highest BCUT2D eigenvalue weighted by Crippen LogP contribution is 2.27. The third-order valence-electron chi connectivity index (χ3n) is 3.36. The molecule has 1 aliphatic heterocycles. The van der Waals surface area contributed by atoms with E-state index in [0.29, 0.717) is 25.9 Å². The monoisotopic (exact) mass is 366 g/mol. The van der Waals surface area contributed by atoms with Crippen LogP contribution < -0.4 is 0 Å². The first-order chi connectivity index (χ1) is 9.32. The van der Waals surface area contributed by atoms with Gasteiger partial charge in [0, 0.05) is 26.6 Å². The van der Waals surface area contributed by atoms with Gasteiger partial charge in [-0.1, -0.05) is 5.21 Å². The number of carboxylic acid groups (broad SMARTS) is 1. The molecule has 1 N–H and O–H groups in total. The molecule has 10 heteroatoms. The minimum absolute atomic E-state index is 0.0224. The summed E-state index contributed by atoms with van der Waals surface area (Å²) in [5.41, 5.74) is 0. The number of aryl methyl sites for hydroxylation is 1. The van der Waals surface area contributed by atoms with Crippen molar-refractivity contribution in [3.05, 3.63) is 4.60 Å². The summed E-state index contributed by atoms with van der Waals surface area (Å²) in [6.07, 6.45) is 1.19. The molecule has 0 saturated carbocycles. The van der Waals surface area contributed by atoms with Gasteiger partial charge in [-0.05, 0) is 34.7 Å². The van der Waals surface area contributed by atoms with Gasteiger partial charge in [0.1, 0.15) is 0 Å². The first-order valence-electron chi connectivity index (χ1n) is 6.09. The summed E-state index contributed by atoms with van der Waals surface area (Å²) < 4.78 is 27.7. The van der Waals surface area contributed by atoms with Gasteiger partial charge in [-0.2, -0.15) is 4.31 Å². The van der Waals surface area contributed by atoms with Crippen LogP contribution in [0.1, 0.15) is 19.3 Å². The first kappa shape index (κ1) is 15.4. The Morgan fingerprint density at radius 3 is 2.50 bits per heavy atom. The molecule has 0 spiro atoms. The predicted molar refractivity (Wildman–Crippen MR) is 72.4 cm³/mol. The molecular formula is C10H15BrN4O4S. The van der Waals surface area contributed by atoms with Crippen LogP contribution in [-0.4, -0.2) is 51.9 Å². The Morgan fingerprint density at radius 1 is 1.45 bits per heavy atom. The zero-order chi connectivity index (χ0) is 14.9. The normalized spacial score (nSPS) is 18.3. The summed E-state index contributed by atoms with van der Waals surface area (Å²) in [7, 11) is -2.14. The van der Waals surface area contributed by atoms with Gasteiger partial charge in [0.25, 0.3) is 10.0 Å². The zero-order valence-corrected chi connectivity index (χ0v) is 13.3. The number of rotatable bonds is 4. The third kappa shape index (κ3) is 3.01. The fourth-order valence-electron chi connectivity index (χ4n) is 2.32. The van der Waals surface area contributed by atoms with Crippen LogP contribution >= 0.6 is 15.9 Å². The molecule has 1 aliphatic rings. The van der Waals surface area contributed by atoms with E-state index < -0.39 is 16.0 Å². The predicted octanol–water partition coefficient (Wildman–Crippen LogP) is 0.453. The number of carboxylic acids is 1. The van der Waals surface area contributed by atoms with Crippen molar-refractivity contribution in [2.75, 3.05) is 13.1 Å². The Labute approximate surface area is 124 Å². The topological polar surface area (TPSA) is 105 Å². The van der Waals surface area contributed by atoms with Crippen LogP contribution in [0.4, 0.5) is 0 Å². The van der Waals surface area contributed by atoms with Crippen LogP contribution in [0, 0.1) is 5.92 Å². The Balaban J connectivity index is 2.12. The number of hydrogen-bond acceptors (Lipinski definition) is 5. The number of hydrogen-bond donors (Lipinski definition) is 1. The number of nitrogens with zero attached hydrogens (tertiary/aromatic N) is 4. The van der Waals surface area contributed by atoms with Crippen LogP contribution in [0.5, 0.6) is 0 Å². The van der Waals surface area contributed by atoms with E-state index >= 15 is 0 Å². The molecule has 2 heterocycles. The van der Waals surface area contributed by atoms with Crippen molar-refractivity contribution in [2.45, 2.75) is 24.3 Å². The highest BCUT2D eigenvalue weighted by atomic mass is 79.9. The lowest BCUT2D eigenvalue weighted by Gasteiger charge is -2.30. The molecule has 0 radical (unpaired) electrons. The van der Waals surface area contributed by atoms with Crippen molar-refractivity contribution in [3.63, 3.8) is 0 Å². The number of piperidine rings is 1. The number of aliphatic carboxylic acids is 1. The van der Waals surface area contributed by atoms with Gasteiger partial charge in [-0.3, -0.25) is 4.79 Å². The molecule has 0 aliphatic carbocycles. The highest BCUT2D eigenvalue weighted by Gasteiger charge is 2.34. The summed E-state index contributed by atoms with van der Waals surface area (Å²) in [5, 5.41) is 16.1. The summed E-state index contributed by atoms with van der Waals surface area (Å²) in [6, 6.07) is 0. The average molecular weight is 367 g/mol. The van der Waals surface area contributed by atoms with Crippen molar-refractivity contribution >= 4 is 31.9 Å². The lowest BCUT2D eigenvalue weighted by atomic mass is 9.95. The SMILES string of the molecule is Cn1nnc(Br)c1S(=O)(=O)N1CCC(CC(=O)O)CC1. The molecule has 1 fully saturated rings. The molecule has 1 aromatic rings. The molecule has 0 bridgehead atoms. The van der Waals surface area contributed by atoms with Crippen LogP contribution in [0.3, 0.4) is 0 Å². The standard InChI is InChI=1S/C10H15BrN4O4S/c1-14-10(9(11)12-13-14)20(18,19)15-4-2-7(3-5-15)6-8(16)17/h7H,2-6H2,1H3,(H,16,17). The fraction of sp³-hybridized carbons (Fsp3) is 0.700. The second-order valence-corrected chi connectivity index (χ2v) is 7.36. The lowest BCUT2D eigenvalue weighted by Crippen LogP contribution is -2.39. The number of carbonyl (C=O) groups is 1. The third-order valence-corrected chi connectivity index (χ3v) is 6.15. The van der Waals surface area contributed by atoms with Crippen molar-refractivity contribution in [1.29, 1.82) is 0 Å². The van der Waals surface area contributed by atoms with Crippen molar-refractivity contribution in [3.8, 4) is 0 Å². The first-order valence-corrected chi connectivity index (χ1v) is 8.32. The molecular weight excluding hydrogens is 352 g/mol. The molecule has 0 atom stereocenters. The molecule has 112 valence electrons. The van der Waals surface area contributed by atoms with E-state index in [1.807, 2.05) is 0 Å². The smallest absolute Gasteiger partial charge is 0.303 e. The van der Waals surface area contributed by atoms with E-state index in [4.69, 9.17) is 5.11 Å². The lowest BCUT2D eigenvalue weighted by molar-refractivity contribution is -0.138. The van der Waals surface area contributed by atoms with Gasteiger partial charge in [0.15, 0.2) is 4.60 Å². The second-order valence-electron chi connectivity index (χ2n) is 4.75. The number of aromatic nitrogens is 3. The Morgan fingerprint density at radius 2 is 2.05 bits per heavy atom. The van der Waals surface area contributed by atoms with Crippen LogP contribution in [0.25, 0.3) is 0 Å². The number of sulfonamides is 1. The van der Waals surface area contributed by atoms with E-state index in [-0.39, 0.29) is 22.0 Å². The molecule has 0 aromatic carbocycles. The molecule has 2 rings (SSSR count). The van der Waals surface area contributed by atoms with Crippen LogP contribution in [0.2, 0.25) is 0 Å². The van der Waals surface area contributed by atoms with Crippen molar-refractivity contribution < 1.29 is 18.3 Å². The minimum atomic E-state index is -3.65. The van der Waals surface area contributed by atoms with E-state index in [2.05, 4.69) is 26.2 Å². The Bertz CT molecular complexity index is 587. The van der Waals surface area contributed by atoms with Crippen LogP contribution in [0.15, 0.2) is 9.63 Å². The summed E-state index contributed by atoms with van der Waals surface area (Å²) in [6.45, 7) is 0.635. The maximum Gasteiger partial charge on any atom is 0.303 e. The van der Waals surface area contributed by atoms with Gasteiger partial charge < -0.3 is 5.11 Å². The fourth-order valence-corrected chi connectivity index (χ4v) is 4.82. The average Bonchev–Trinajstić information content (AvgIpc) is 2.69. The minimum Gasteiger partial charge on any atom is -0.481 e. The van der Waals surface area contributed by atoms with E-state index in [1.165, 1.54) is 16.0 Å². The van der Waals surface area contributed by atoms with Gasteiger partial charge in [0.05, 0.1) is 0 Å². The molecule has 0 unspecified atom stereocenters. The molecule has 8 nitrogen and oxygen atoms in total. The van der Waals surface area contributed by atoms with Gasteiger partial charge in [0.2, 0.25) is 5.03 Å². The molecule has 20 heavy (non-hydrogen) atoms. The quantitative estimate of drug-likeness (QED) is 0.829. The van der Waals surface area contributed by atoms with Crippen LogP contribution in [-0.2, 0) is 21.9 Å². The Hall–Kier alpha value is -1.00. The molecule has 0 amide bonds. The van der Waals surface area contributed by atoms with E-state index in [0.717, 1.165) is 0 Å². The highest BCUT2D eigenvalue weighted by molar-refractivity contribution is 9.10. The largest absolute Gasteiger partial charge is 0.481 e. The molecule has 1 saturated heterocycles. The summed E-state index contributed by atoms with van der Waals surface area (Å²) in [5.74, 6) is -0.808. The van der Waals surface area contributed by atoms with Gasteiger partial charge in [-0.25, -0.2) is 13.1 Å². The maximum atomic E-state index is 12.5. The maximum absolute atomic E-state index is 12.5. The van der Waals surface area contributed by atoms with Crippen molar-refractivity contribution in [1.82, 2.24) is 19.3 Å². The van der Waals surface area contributed by atoms with Gasteiger partial charge in [-0.15, -0.1) is 5.10 Å². The summed E-state index contributed by atoms with van der Waals surface area (Å²) >= 11 is 3.09. The summed E-state index contributed by atoms with van der Waals surface area (Å²) in [4.78, 5) is 10.7. The zero-order valence-electron chi connectivity index (χ0n) is 10.9. The number of halogens is 1. The van der Waals surface area contributed by atoms with E-state index in [9.17, 15) is 13.2 Å². The van der Waals surface area contributed by atoms with Crippen molar-refractivity contribution in [2.24, 2.45) is 13.0 Å². The second kappa shape index (κ2) is 5.78. The molecule has 1 aromatic heterocycles. The van der Waals surface area contributed by atoms with E-state index in [1.54, 1.807) is 0 Å².